The van der Waals surface area contributed by atoms with Gasteiger partial charge < -0.3 is 10.1 Å². The van der Waals surface area contributed by atoms with Gasteiger partial charge in [0.25, 0.3) is 0 Å². The fourth-order valence-corrected chi connectivity index (χ4v) is 4.87. The molecule has 4 rings (SSSR count). The number of nitriles is 1. The zero-order valence-corrected chi connectivity index (χ0v) is 19.0. The number of benzene rings is 2. The van der Waals surface area contributed by atoms with Gasteiger partial charge in [-0.05, 0) is 37.3 Å². The molecule has 4 aromatic rings. The molecule has 0 radical (unpaired) electrons. The Labute approximate surface area is 194 Å². The van der Waals surface area contributed by atoms with Gasteiger partial charge in [0.1, 0.15) is 16.8 Å². The molecule has 2 heterocycles. The van der Waals surface area contributed by atoms with E-state index < -0.39 is 0 Å². The SMILES string of the molecule is CCOc1ccc2nc(NC(=O)CCSc3nc(-c4ccccc4)ccc3C#N)sc2c1. The number of carbonyl (C=O) groups is 1. The molecule has 0 unspecified atom stereocenters. The Hall–Kier alpha value is -3.41. The van der Waals surface area contributed by atoms with Crippen LogP contribution in [0.4, 0.5) is 5.13 Å². The molecule has 0 saturated carbocycles. The maximum absolute atomic E-state index is 12.4. The van der Waals surface area contributed by atoms with E-state index in [1.165, 1.54) is 23.1 Å². The van der Waals surface area contributed by atoms with E-state index in [0.717, 1.165) is 27.2 Å². The minimum absolute atomic E-state index is 0.126. The molecule has 0 atom stereocenters. The van der Waals surface area contributed by atoms with Crippen LogP contribution in [0.5, 0.6) is 5.75 Å². The van der Waals surface area contributed by atoms with Crippen molar-refractivity contribution in [2.75, 3.05) is 17.7 Å². The predicted octanol–water partition coefficient (Wildman–Crippen LogP) is 5.75. The third kappa shape index (κ3) is 5.25. The number of amides is 1. The van der Waals surface area contributed by atoms with Crippen molar-refractivity contribution in [2.24, 2.45) is 0 Å². The lowest BCUT2D eigenvalue weighted by Crippen LogP contribution is -2.12. The monoisotopic (exact) mass is 460 g/mol. The van der Waals surface area contributed by atoms with Crippen LogP contribution in [0.25, 0.3) is 21.5 Å². The molecule has 1 amide bonds. The first-order valence-electron chi connectivity index (χ1n) is 10.1. The molecule has 0 saturated heterocycles. The van der Waals surface area contributed by atoms with Gasteiger partial charge in [0, 0.05) is 17.7 Å². The Morgan fingerprint density at radius 1 is 1.16 bits per heavy atom. The first-order valence-corrected chi connectivity index (χ1v) is 11.9. The van der Waals surface area contributed by atoms with Gasteiger partial charge in [0.15, 0.2) is 5.13 Å². The van der Waals surface area contributed by atoms with Gasteiger partial charge in [-0.1, -0.05) is 41.7 Å². The summed E-state index contributed by atoms with van der Waals surface area (Å²) in [6.07, 6.45) is 0.285. The Morgan fingerprint density at radius 2 is 2.00 bits per heavy atom. The van der Waals surface area contributed by atoms with Crippen LogP contribution in [-0.4, -0.2) is 28.2 Å². The zero-order valence-electron chi connectivity index (χ0n) is 17.4. The highest BCUT2D eigenvalue weighted by atomic mass is 32.2. The smallest absolute Gasteiger partial charge is 0.226 e. The number of anilines is 1. The van der Waals surface area contributed by atoms with E-state index in [9.17, 15) is 10.1 Å². The third-order valence-corrected chi connectivity index (χ3v) is 6.46. The number of thioether (sulfide) groups is 1. The van der Waals surface area contributed by atoms with Gasteiger partial charge in [-0.15, -0.1) is 11.8 Å². The number of aromatic nitrogens is 2. The van der Waals surface area contributed by atoms with E-state index in [2.05, 4.69) is 21.4 Å². The summed E-state index contributed by atoms with van der Waals surface area (Å²) in [5.74, 6) is 1.17. The van der Waals surface area contributed by atoms with Gasteiger partial charge >= 0.3 is 0 Å². The summed E-state index contributed by atoms with van der Waals surface area (Å²) < 4.78 is 6.47. The quantitative estimate of drug-likeness (QED) is 0.337. The highest BCUT2D eigenvalue weighted by Crippen LogP contribution is 2.30. The van der Waals surface area contributed by atoms with Crippen molar-refractivity contribution >= 4 is 44.4 Å². The number of fused-ring (bicyclic) bond motifs is 1. The molecule has 2 aromatic heterocycles. The van der Waals surface area contributed by atoms with Crippen molar-refractivity contribution in [1.82, 2.24) is 9.97 Å². The molecule has 2 aromatic carbocycles. The average molecular weight is 461 g/mol. The van der Waals surface area contributed by atoms with Crippen molar-refractivity contribution in [3.8, 4) is 23.1 Å². The predicted molar refractivity (Wildman–Crippen MR) is 129 cm³/mol. The number of pyridine rings is 1. The van der Waals surface area contributed by atoms with Crippen LogP contribution in [-0.2, 0) is 4.79 Å². The molecule has 0 aliphatic heterocycles. The average Bonchev–Trinajstić information content (AvgIpc) is 3.21. The number of nitrogens with one attached hydrogen (secondary N) is 1. The van der Waals surface area contributed by atoms with Crippen molar-refractivity contribution in [3.63, 3.8) is 0 Å². The minimum Gasteiger partial charge on any atom is -0.494 e. The molecular weight excluding hydrogens is 440 g/mol. The van der Waals surface area contributed by atoms with Crippen LogP contribution in [0.3, 0.4) is 0 Å². The first kappa shape index (κ1) is 21.8. The van der Waals surface area contributed by atoms with E-state index in [4.69, 9.17) is 4.74 Å². The maximum atomic E-state index is 12.4. The standard InChI is InChI=1S/C24H20N4O2S2/c1-2-30-18-9-11-20-21(14-18)32-24(27-20)28-22(29)12-13-31-23-17(15-25)8-10-19(26-23)16-6-4-3-5-7-16/h3-11,14H,2,12-13H2,1H3,(H,27,28,29). The summed E-state index contributed by atoms with van der Waals surface area (Å²) >= 11 is 2.82. The molecule has 6 nitrogen and oxygen atoms in total. The molecule has 0 aliphatic carbocycles. The second kappa shape index (κ2) is 10.3. The zero-order chi connectivity index (χ0) is 22.3. The van der Waals surface area contributed by atoms with Gasteiger partial charge in [-0.3, -0.25) is 4.79 Å². The van der Waals surface area contributed by atoms with Crippen LogP contribution in [0, 0.1) is 11.3 Å². The summed E-state index contributed by atoms with van der Waals surface area (Å²) in [5.41, 5.74) is 3.12. The number of hydrogen-bond donors (Lipinski definition) is 1. The highest BCUT2D eigenvalue weighted by molar-refractivity contribution is 7.99. The Balaban J connectivity index is 1.37. The third-order valence-electron chi connectivity index (χ3n) is 4.54. The van der Waals surface area contributed by atoms with E-state index >= 15 is 0 Å². The molecule has 0 aliphatic rings. The minimum atomic E-state index is -0.126. The highest BCUT2D eigenvalue weighted by Gasteiger charge is 2.12. The number of thiazole rings is 1. The van der Waals surface area contributed by atoms with Crippen molar-refractivity contribution in [3.05, 3.63) is 66.2 Å². The van der Waals surface area contributed by atoms with Crippen molar-refractivity contribution in [2.45, 2.75) is 18.4 Å². The molecule has 0 fully saturated rings. The number of ether oxygens (including phenoxy) is 1. The van der Waals surface area contributed by atoms with Crippen molar-refractivity contribution < 1.29 is 9.53 Å². The fraction of sp³-hybridized carbons (Fsp3) is 0.167. The second-order valence-corrected chi connectivity index (χ2v) is 8.87. The summed E-state index contributed by atoms with van der Waals surface area (Å²) in [6, 6.07) is 21.3. The lowest BCUT2D eigenvalue weighted by Gasteiger charge is -2.07. The number of nitrogens with zero attached hydrogens (tertiary/aromatic N) is 3. The van der Waals surface area contributed by atoms with Crippen molar-refractivity contribution in [1.29, 1.82) is 5.26 Å². The van der Waals surface area contributed by atoms with Gasteiger partial charge in [-0.2, -0.15) is 5.26 Å². The van der Waals surface area contributed by atoms with Crippen LogP contribution in [0.15, 0.2) is 65.7 Å². The number of rotatable bonds is 8. The van der Waals surface area contributed by atoms with Crippen LogP contribution >= 0.6 is 23.1 Å². The summed E-state index contributed by atoms with van der Waals surface area (Å²) in [5, 5.41) is 13.5. The van der Waals surface area contributed by atoms with Crippen LogP contribution in [0.2, 0.25) is 0 Å². The topological polar surface area (TPSA) is 87.9 Å². The van der Waals surface area contributed by atoms with Crippen LogP contribution < -0.4 is 10.1 Å². The normalized spacial score (nSPS) is 10.6. The van der Waals surface area contributed by atoms with Gasteiger partial charge in [0.05, 0.1) is 28.1 Å². The Bertz CT molecular complexity index is 1280. The van der Waals surface area contributed by atoms with Gasteiger partial charge in [-0.25, -0.2) is 9.97 Å². The lowest BCUT2D eigenvalue weighted by molar-refractivity contribution is -0.115. The summed E-state index contributed by atoms with van der Waals surface area (Å²) in [6.45, 7) is 2.54. The molecule has 0 spiro atoms. The lowest BCUT2D eigenvalue weighted by atomic mass is 10.1. The maximum Gasteiger partial charge on any atom is 0.226 e. The molecule has 1 N–H and O–H groups in total. The molecule has 0 bridgehead atoms. The Morgan fingerprint density at radius 3 is 2.78 bits per heavy atom. The first-order chi connectivity index (χ1) is 15.7. The van der Waals surface area contributed by atoms with Crippen LogP contribution in [0.1, 0.15) is 18.9 Å². The largest absolute Gasteiger partial charge is 0.494 e. The second-order valence-electron chi connectivity index (χ2n) is 6.76. The molecular formula is C24H20N4O2S2. The summed E-state index contributed by atoms with van der Waals surface area (Å²) in [4.78, 5) is 21.5. The number of carbonyl (C=O) groups excluding carboxylic acids is 1. The summed E-state index contributed by atoms with van der Waals surface area (Å²) in [7, 11) is 0. The molecule has 160 valence electrons. The molecule has 32 heavy (non-hydrogen) atoms. The van der Waals surface area contributed by atoms with E-state index in [1.54, 1.807) is 6.07 Å². The Kier molecular flexibility index (Phi) is 7.00. The van der Waals surface area contributed by atoms with E-state index in [1.807, 2.05) is 61.5 Å². The number of hydrogen-bond acceptors (Lipinski definition) is 7. The fourth-order valence-electron chi connectivity index (χ4n) is 3.04. The van der Waals surface area contributed by atoms with E-state index in [0.29, 0.717) is 28.1 Å². The molecule has 8 heteroatoms. The van der Waals surface area contributed by atoms with E-state index in [-0.39, 0.29) is 12.3 Å². The van der Waals surface area contributed by atoms with Gasteiger partial charge in [0.2, 0.25) is 5.91 Å².